The minimum absolute atomic E-state index is 0.0333. The molecule has 1 unspecified atom stereocenters. The molecular weight excluding hydrogens is 454 g/mol. The first-order valence-electron chi connectivity index (χ1n) is 11.2. The second kappa shape index (κ2) is 10.4. The first kappa shape index (κ1) is 24.0. The van der Waals surface area contributed by atoms with Gasteiger partial charge in [0.25, 0.3) is 15.9 Å². The van der Waals surface area contributed by atoms with E-state index in [2.05, 4.69) is 11.8 Å². The van der Waals surface area contributed by atoms with Crippen molar-refractivity contribution in [2.24, 2.45) is 0 Å². The number of carbonyl (C=O) groups excluding carboxylic acids is 1. The molecule has 0 bridgehead atoms. The van der Waals surface area contributed by atoms with Gasteiger partial charge in [-0.1, -0.05) is 95.8 Å². The predicted molar refractivity (Wildman–Crippen MR) is 138 cm³/mol. The standard InChI is InChI=1S/C30H25NO3S/c1-23-13-18-27(19-14-23)30(32)31(35(33,34)28-20-15-24(2)16-21-28)29(26-11-7-4-8-12-26)22-17-25-9-5-3-6-10-25/h3-16,18-21,29H,1-2H3. The summed E-state index contributed by atoms with van der Waals surface area (Å²) in [4.78, 5) is 13.9. The van der Waals surface area contributed by atoms with E-state index >= 15 is 0 Å². The molecule has 0 spiro atoms. The highest BCUT2D eigenvalue weighted by Gasteiger charge is 2.36. The Morgan fingerprint density at radius 2 is 1.23 bits per heavy atom. The molecule has 0 saturated heterocycles. The summed E-state index contributed by atoms with van der Waals surface area (Å²) in [6.45, 7) is 3.79. The van der Waals surface area contributed by atoms with Gasteiger partial charge in [0.15, 0.2) is 0 Å². The summed E-state index contributed by atoms with van der Waals surface area (Å²) in [6.07, 6.45) is 0. The maximum Gasteiger partial charge on any atom is 0.269 e. The molecule has 0 heterocycles. The largest absolute Gasteiger partial charge is 0.269 e. The maximum absolute atomic E-state index is 14.0. The molecule has 1 atom stereocenters. The zero-order valence-electron chi connectivity index (χ0n) is 19.5. The zero-order valence-corrected chi connectivity index (χ0v) is 20.4. The Balaban J connectivity index is 1.92. The van der Waals surface area contributed by atoms with E-state index in [0.717, 1.165) is 21.0 Å². The van der Waals surface area contributed by atoms with Crippen LogP contribution in [0, 0.1) is 25.7 Å². The monoisotopic (exact) mass is 479 g/mol. The summed E-state index contributed by atoms with van der Waals surface area (Å²) in [7, 11) is -4.25. The van der Waals surface area contributed by atoms with E-state index in [-0.39, 0.29) is 10.5 Å². The highest BCUT2D eigenvalue weighted by molar-refractivity contribution is 7.89. The number of rotatable bonds is 5. The molecule has 4 aromatic carbocycles. The molecule has 0 fully saturated rings. The van der Waals surface area contributed by atoms with Crippen molar-refractivity contribution in [2.45, 2.75) is 24.8 Å². The summed E-state index contributed by atoms with van der Waals surface area (Å²) in [5.74, 6) is 5.50. The van der Waals surface area contributed by atoms with Crippen LogP contribution in [0.25, 0.3) is 0 Å². The molecule has 4 rings (SSSR count). The lowest BCUT2D eigenvalue weighted by atomic mass is 10.1. The summed E-state index contributed by atoms with van der Waals surface area (Å²) < 4.78 is 28.9. The maximum atomic E-state index is 14.0. The Bertz CT molecular complexity index is 1470. The van der Waals surface area contributed by atoms with Crippen LogP contribution in [-0.2, 0) is 10.0 Å². The molecule has 174 valence electrons. The Morgan fingerprint density at radius 1 is 0.714 bits per heavy atom. The molecule has 0 N–H and O–H groups in total. The first-order valence-corrected chi connectivity index (χ1v) is 12.6. The van der Waals surface area contributed by atoms with Crippen LogP contribution in [0.2, 0.25) is 0 Å². The number of hydrogen-bond acceptors (Lipinski definition) is 3. The summed E-state index contributed by atoms with van der Waals surface area (Å²) in [5.41, 5.74) is 3.49. The minimum Gasteiger partial charge on any atom is -0.268 e. The van der Waals surface area contributed by atoms with Gasteiger partial charge >= 0.3 is 0 Å². The van der Waals surface area contributed by atoms with Crippen molar-refractivity contribution in [3.63, 3.8) is 0 Å². The predicted octanol–water partition coefficient (Wildman–Crippen LogP) is 5.93. The molecule has 0 aliphatic carbocycles. The quantitative estimate of drug-likeness (QED) is 0.334. The van der Waals surface area contributed by atoms with E-state index in [0.29, 0.717) is 5.56 Å². The molecule has 0 saturated carbocycles. The summed E-state index contributed by atoms with van der Waals surface area (Å²) >= 11 is 0. The van der Waals surface area contributed by atoms with Gasteiger partial charge in [-0.25, -0.2) is 12.7 Å². The van der Waals surface area contributed by atoms with E-state index in [1.165, 1.54) is 12.1 Å². The topological polar surface area (TPSA) is 54.5 Å². The van der Waals surface area contributed by atoms with Crippen LogP contribution in [0.1, 0.15) is 38.7 Å². The Hall–Kier alpha value is -4.14. The van der Waals surface area contributed by atoms with Gasteiger partial charge in [0, 0.05) is 11.1 Å². The van der Waals surface area contributed by atoms with Gasteiger partial charge in [-0.05, 0) is 55.8 Å². The van der Waals surface area contributed by atoms with Gasteiger partial charge in [-0.3, -0.25) is 4.79 Å². The van der Waals surface area contributed by atoms with Gasteiger partial charge < -0.3 is 0 Å². The van der Waals surface area contributed by atoms with Gasteiger partial charge in [0.05, 0.1) is 4.90 Å². The van der Waals surface area contributed by atoms with Gasteiger partial charge in [0.2, 0.25) is 0 Å². The number of hydrogen-bond donors (Lipinski definition) is 0. The van der Waals surface area contributed by atoms with E-state index in [1.54, 1.807) is 60.7 Å². The van der Waals surface area contributed by atoms with Crippen molar-refractivity contribution in [2.75, 3.05) is 0 Å². The fourth-order valence-corrected chi connectivity index (χ4v) is 5.08. The lowest BCUT2D eigenvalue weighted by molar-refractivity contribution is 0.0841. The van der Waals surface area contributed by atoms with Crippen LogP contribution in [0.3, 0.4) is 0 Å². The van der Waals surface area contributed by atoms with Gasteiger partial charge in [0.1, 0.15) is 6.04 Å². The lowest BCUT2D eigenvalue weighted by Gasteiger charge is -2.28. The highest BCUT2D eigenvalue weighted by Crippen LogP contribution is 2.30. The van der Waals surface area contributed by atoms with E-state index in [4.69, 9.17) is 0 Å². The molecule has 0 aromatic heterocycles. The fraction of sp³-hybridized carbons (Fsp3) is 0.100. The number of sulfonamides is 1. The molecule has 1 amide bonds. The average Bonchev–Trinajstić information content (AvgIpc) is 2.88. The molecule has 0 aliphatic heterocycles. The van der Waals surface area contributed by atoms with E-state index < -0.39 is 22.0 Å². The van der Waals surface area contributed by atoms with Crippen molar-refractivity contribution >= 4 is 15.9 Å². The third-order valence-corrected chi connectivity index (χ3v) is 7.32. The van der Waals surface area contributed by atoms with Crippen molar-refractivity contribution < 1.29 is 13.2 Å². The number of nitrogens with zero attached hydrogens (tertiary/aromatic N) is 1. The summed E-state index contributed by atoms with van der Waals surface area (Å²) in [5, 5.41) is 0. The molecule has 5 heteroatoms. The minimum atomic E-state index is -4.25. The normalized spacial score (nSPS) is 11.7. The van der Waals surface area contributed by atoms with Crippen LogP contribution in [0.15, 0.2) is 114 Å². The lowest BCUT2D eigenvalue weighted by Crippen LogP contribution is -2.39. The Kier molecular flexibility index (Phi) is 7.14. The van der Waals surface area contributed by atoms with Crippen LogP contribution in [0.4, 0.5) is 0 Å². The third kappa shape index (κ3) is 5.51. The average molecular weight is 480 g/mol. The molecule has 4 nitrogen and oxygen atoms in total. The smallest absolute Gasteiger partial charge is 0.268 e. The highest BCUT2D eigenvalue weighted by atomic mass is 32.2. The SMILES string of the molecule is Cc1ccc(C(=O)N(C(C#Cc2ccccc2)c2ccccc2)S(=O)(=O)c2ccc(C)cc2)cc1. The number of aryl methyl sites for hydroxylation is 2. The van der Waals surface area contributed by atoms with Crippen molar-refractivity contribution in [3.8, 4) is 11.8 Å². The van der Waals surface area contributed by atoms with Crippen molar-refractivity contribution in [1.29, 1.82) is 0 Å². The fourth-order valence-electron chi connectivity index (χ4n) is 3.60. The second-order valence-electron chi connectivity index (χ2n) is 8.23. The zero-order chi connectivity index (χ0) is 24.8. The van der Waals surface area contributed by atoms with Gasteiger partial charge in [-0.2, -0.15) is 0 Å². The molecule has 0 radical (unpaired) electrons. The number of benzene rings is 4. The molecule has 35 heavy (non-hydrogen) atoms. The molecule has 4 aromatic rings. The second-order valence-corrected chi connectivity index (χ2v) is 10.0. The molecule has 0 aliphatic rings. The van der Waals surface area contributed by atoms with E-state index in [1.807, 2.05) is 50.2 Å². The summed E-state index contributed by atoms with van der Waals surface area (Å²) in [6, 6.07) is 30.6. The Morgan fingerprint density at radius 3 is 1.80 bits per heavy atom. The Labute approximate surface area is 206 Å². The van der Waals surface area contributed by atoms with Crippen molar-refractivity contribution in [3.05, 3.63) is 137 Å². The van der Waals surface area contributed by atoms with Gasteiger partial charge in [-0.15, -0.1) is 0 Å². The van der Waals surface area contributed by atoms with Crippen LogP contribution >= 0.6 is 0 Å². The van der Waals surface area contributed by atoms with E-state index in [9.17, 15) is 13.2 Å². The number of carbonyl (C=O) groups is 1. The molecular formula is C30H25NO3S. The van der Waals surface area contributed by atoms with Crippen LogP contribution in [0.5, 0.6) is 0 Å². The number of amides is 1. The van der Waals surface area contributed by atoms with Crippen molar-refractivity contribution in [1.82, 2.24) is 4.31 Å². The third-order valence-electron chi connectivity index (χ3n) is 5.55. The van der Waals surface area contributed by atoms with Crippen LogP contribution < -0.4 is 0 Å². The first-order chi connectivity index (χ1) is 16.9. The van der Waals surface area contributed by atoms with Crippen LogP contribution in [-0.4, -0.2) is 18.6 Å².